The van der Waals surface area contributed by atoms with Crippen LogP contribution in [0.15, 0.2) is 85.1 Å². The lowest BCUT2D eigenvalue weighted by molar-refractivity contribution is 0.0696. The molecule has 0 aliphatic heterocycles. The summed E-state index contributed by atoms with van der Waals surface area (Å²) < 4.78 is 8.00. The summed E-state index contributed by atoms with van der Waals surface area (Å²) in [5.74, 6) is -0.0774. The fourth-order valence-corrected chi connectivity index (χ4v) is 3.15. The number of nitrogens with zero attached hydrogens (tertiary/aromatic N) is 1. The SMILES string of the molecule is O=C(O)c1cccc(Cn2ccc3cc(OCc4ccccc4)ccc32)c1. The molecule has 134 valence electrons. The Balaban J connectivity index is 1.52. The predicted octanol–water partition coefficient (Wildman–Crippen LogP) is 4.97. The Hall–Kier alpha value is -3.53. The summed E-state index contributed by atoms with van der Waals surface area (Å²) in [6.07, 6.45) is 2.01. The van der Waals surface area contributed by atoms with E-state index in [4.69, 9.17) is 9.84 Å². The van der Waals surface area contributed by atoms with Gasteiger partial charge in [-0.1, -0.05) is 42.5 Å². The van der Waals surface area contributed by atoms with E-state index in [0.717, 1.165) is 27.8 Å². The monoisotopic (exact) mass is 357 g/mol. The molecule has 3 aromatic carbocycles. The van der Waals surface area contributed by atoms with Gasteiger partial charge in [-0.05, 0) is 47.5 Å². The maximum atomic E-state index is 11.1. The highest BCUT2D eigenvalue weighted by Crippen LogP contribution is 2.24. The van der Waals surface area contributed by atoms with Crippen molar-refractivity contribution in [3.63, 3.8) is 0 Å². The highest BCUT2D eigenvalue weighted by molar-refractivity contribution is 5.87. The number of aromatic carboxylic acids is 1. The number of carbonyl (C=O) groups is 1. The molecule has 4 aromatic rings. The largest absolute Gasteiger partial charge is 0.489 e. The van der Waals surface area contributed by atoms with E-state index in [1.165, 1.54) is 0 Å². The molecule has 0 fully saturated rings. The lowest BCUT2D eigenvalue weighted by Gasteiger charge is -2.09. The second-order valence-corrected chi connectivity index (χ2v) is 6.44. The number of carboxylic acids is 1. The maximum Gasteiger partial charge on any atom is 0.335 e. The summed E-state index contributed by atoms with van der Waals surface area (Å²) in [7, 11) is 0. The molecular weight excluding hydrogens is 338 g/mol. The average Bonchev–Trinajstić information content (AvgIpc) is 3.09. The van der Waals surface area contributed by atoms with Gasteiger partial charge in [0.05, 0.1) is 5.56 Å². The first-order valence-corrected chi connectivity index (χ1v) is 8.77. The zero-order chi connectivity index (χ0) is 18.6. The molecule has 0 aliphatic rings. The number of hydrogen-bond donors (Lipinski definition) is 1. The van der Waals surface area contributed by atoms with Crippen LogP contribution in [0.3, 0.4) is 0 Å². The molecule has 0 spiro atoms. The van der Waals surface area contributed by atoms with Gasteiger partial charge >= 0.3 is 5.97 Å². The minimum absolute atomic E-state index is 0.306. The second kappa shape index (κ2) is 7.38. The zero-order valence-electron chi connectivity index (χ0n) is 14.7. The minimum atomic E-state index is -0.908. The lowest BCUT2D eigenvalue weighted by atomic mass is 10.1. The first-order valence-electron chi connectivity index (χ1n) is 8.77. The van der Waals surface area contributed by atoms with Crippen LogP contribution < -0.4 is 4.74 Å². The van der Waals surface area contributed by atoms with Gasteiger partial charge in [0.25, 0.3) is 0 Å². The molecule has 1 aromatic heterocycles. The maximum absolute atomic E-state index is 11.1. The first kappa shape index (κ1) is 16.9. The summed E-state index contributed by atoms with van der Waals surface area (Å²) in [6, 6.07) is 25.2. The fraction of sp³-hybridized carbons (Fsp3) is 0.0870. The molecule has 4 heteroatoms. The number of fused-ring (bicyclic) bond motifs is 1. The highest BCUT2D eigenvalue weighted by Gasteiger charge is 2.07. The molecule has 0 saturated carbocycles. The van der Waals surface area contributed by atoms with Gasteiger partial charge in [-0.2, -0.15) is 0 Å². The quantitative estimate of drug-likeness (QED) is 0.530. The van der Waals surface area contributed by atoms with Crippen LogP contribution in [0.25, 0.3) is 10.9 Å². The topological polar surface area (TPSA) is 51.5 Å². The van der Waals surface area contributed by atoms with Crippen molar-refractivity contribution in [1.29, 1.82) is 0 Å². The van der Waals surface area contributed by atoms with E-state index in [1.54, 1.807) is 18.2 Å². The van der Waals surface area contributed by atoms with E-state index in [9.17, 15) is 4.79 Å². The average molecular weight is 357 g/mol. The highest BCUT2D eigenvalue weighted by atomic mass is 16.5. The second-order valence-electron chi connectivity index (χ2n) is 6.44. The van der Waals surface area contributed by atoms with Crippen LogP contribution in [0, 0.1) is 0 Å². The molecule has 0 saturated heterocycles. The number of benzene rings is 3. The lowest BCUT2D eigenvalue weighted by Crippen LogP contribution is -2.01. The Kier molecular flexibility index (Phi) is 4.62. The van der Waals surface area contributed by atoms with Crippen LogP contribution in [0.4, 0.5) is 0 Å². The van der Waals surface area contributed by atoms with Gasteiger partial charge in [0.2, 0.25) is 0 Å². The van der Waals surface area contributed by atoms with Crippen LogP contribution in [0.5, 0.6) is 5.75 Å². The molecule has 0 aliphatic carbocycles. The number of rotatable bonds is 6. The third-order valence-electron chi connectivity index (χ3n) is 4.52. The summed E-state index contributed by atoms with van der Waals surface area (Å²) >= 11 is 0. The summed E-state index contributed by atoms with van der Waals surface area (Å²) in [4.78, 5) is 11.1. The molecule has 4 rings (SSSR count). The van der Waals surface area contributed by atoms with Crippen molar-refractivity contribution in [3.05, 3.63) is 102 Å². The van der Waals surface area contributed by atoms with Crippen LogP contribution in [-0.4, -0.2) is 15.6 Å². The van der Waals surface area contributed by atoms with E-state index in [2.05, 4.69) is 4.57 Å². The molecule has 1 N–H and O–H groups in total. The molecule has 1 heterocycles. The third kappa shape index (κ3) is 3.85. The van der Waals surface area contributed by atoms with E-state index in [-0.39, 0.29) is 0 Å². The van der Waals surface area contributed by atoms with E-state index >= 15 is 0 Å². The van der Waals surface area contributed by atoms with Crippen molar-refractivity contribution in [2.75, 3.05) is 0 Å². The smallest absolute Gasteiger partial charge is 0.335 e. The Morgan fingerprint density at radius 2 is 1.70 bits per heavy atom. The molecule has 0 amide bonds. The van der Waals surface area contributed by atoms with Gasteiger partial charge in [-0.3, -0.25) is 0 Å². The molecular formula is C23H19NO3. The van der Waals surface area contributed by atoms with Gasteiger partial charge < -0.3 is 14.4 Å². The summed E-state index contributed by atoms with van der Waals surface area (Å²) in [5, 5.41) is 10.2. The Bertz CT molecular complexity index is 1080. The normalized spacial score (nSPS) is 10.8. The molecule has 0 radical (unpaired) electrons. The zero-order valence-corrected chi connectivity index (χ0v) is 14.7. The van der Waals surface area contributed by atoms with Crippen molar-refractivity contribution >= 4 is 16.9 Å². The number of hydrogen-bond acceptors (Lipinski definition) is 2. The van der Waals surface area contributed by atoms with Crippen molar-refractivity contribution in [2.24, 2.45) is 0 Å². The van der Waals surface area contributed by atoms with Gasteiger partial charge in [-0.25, -0.2) is 4.79 Å². The van der Waals surface area contributed by atoms with Crippen LogP contribution in [0.1, 0.15) is 21.5 Å². The summed E-state index contributed by atoms with van der Waals surface area (Å²) in [6.45, 7) is 1.16. The van der Waals surface area contributed by atoms with Crippen molar-refractivity contribution in [2.45, 2.75) is 13.2 Å². The van der Waals surface area contributed by atoms with Crippen molar-refractivity contribution in [1.82, 2.24) is 4.57 Å². The predicted molar refractivity (Wildman–Crippen MR) is 105 cm³/mol. The standard InChI is InChI=1S/C23H19NO3/c25-23(26)20-8-4-7-18(13-20)15-24-12-11-19-14-21(9-10-22(19)24)27-16-17-5-2-1-3-6-17/h1-14H,15-16H2,(H,25,26). The first-order chi connectivity index (χ1) is 13.2. The van der Waals surface area contributed by atoms with Crippen LogP contribution in [0.2, 0.25) is 0 Å². The molecule has 0 atom stereocenters. The molecule has 27 heavy (non-hydrogen) atoms. The number of ether oxygens (including phenoxy) is 1. The van der Waals surface area contributed by atoms with Crippen molar-refractivity contribution < 1.29 is 14.6 Å². The van der Waals surface area contributed by atoms with Gasteiger partial charge in [0, 0.05) is 23.6 Å². The van der Waals surface area contributed by atoms with Gasteiger partial charge in [-0.15, -0.1) is 0 Å². The van der Waals surface area contributed by atoms with E-state index in [1.807, 2.05) is 66.9 Å². The van der Waals surface area contributed by atoms with E-state index in [0.29, 0.717) is 18.7 Å². The van der Waals surface area contributed by atoms with Gasteiger partial charge in [0.1, 0.15) is 12.4 Å². The van der Waals surface area contributed by atoms with Crippen LogP contribution >= 0.6 is 0 Å². The molecule has 0 unspecified atom stereocenters. The van der Waals surface area contributed by atoms with E-state index < -0.39 is 5.97 Å². The summed E-state index contributed by atoms with van der Waals surface area (Å²) in [5.41, 5.74) is 3.48. The van der Waals surface area contributed by atoms with Crippen molar-refractivity contribution in [3.8, 4) is 5.75 Å². The van der Waals surface area contributed by atoms with Crippen LogP contribution in [-0.2, 0) is 13.2 Å². The fourth-order valence-electron chi connectivity index (χ4n) is 3.15. The third-order valence-corrected chi connectivity index (χ3v) is 4.52. The molecule has 4 nitrogen and oxygen atoms in total. The minimum Gasteiger partial charge on any atom is -0.489 e. The number of carboxylic acid groups (broad SMARTS) is 1. The van der Waals surface area contributed by atoms with Gasteiger partial charge in [0.15, 0.2) is 0 Å². The Morgan fingerprint density at radius 3 is 2.52 bits per heavy atom. The number of aromatic nitrogens is 1. The molecule has 0 bridgehead atoms. The Labute approximate surface area is 157 Å². The Morgan fingerprint density at radius 1 is 0.889 bits per heavy atom.